The number of cyclic esters (lactones) is 1. The van der Waals surface area contributed by atoms with E-state index in [1.54, 1.807) is 4.90 Å². The molecule has 1 aromatic rings. The first-order valence-electron chi connectivity index (χ1n) is 7.52. The number of rotatable bonds is 6. The lowest BCUT2D eigenvalue weighted by atomic mass is 10.1. The Morgan fingerprint density at radius 1 is 1.38 bits per heavy atom. The van der Waals surface area contributed by atoms with E-state index in [1.165, 1.54) is 5.56 Å². The van der Waals surface area contributed by atoms with Gasteiger partial charge in [0.05, 0.1) is 6.54 Å². The Morgan fingerprint density at radius 2 is 2.10 bits per heavy atom. The van der Waals surface area contributed by atoms with Gasteiger partial charge in [-0.1, -0.05) is 12.1 Å². The molecule has 5 nitrogen and oxygen atoms in total. The maximum Gasteiger partial charge on any atom is 0.414 e. The molecule has 2 aliphatic rings. The summed E-state index contributed by atoms with van der Waals surface area (Å²) in [5.41, 5.74) is 2.18. The molecule has 1 unspecified atom stereocenters. The summed E-state index contributed by atoms with van der Waals surface area (Å²) in [7, 11) is 0. The summed E-state index contributed by atoms with van der Waals surface area (Å²) >= 11 is 0. The molecule has 1 aliphatic carbocycles. The van der Waals surface area contributed by atoms with Crippen molar-refractivity contribution in [3.63, 3.8) is 0 Å². The molecular weight excluding hydrogens is 268 g/mol. The molecule has 1 aromatic carbocycles. The quantitative estimate of drug-likeness (QED) is 0.842. The average Bonchev–Trinajstić information content (AvgIpc) is 3.18. The van der Waals surface area contributed by atoms with Crippen molar-refractivity contribution in [1.82, 2.24) is 5.32 Å². The third kappa shape index (κ3) is 3.04. The Bertz CT molecular complexity index is 511. The maximum atomic E-state index is 11.5. The van der Waals surface area contributed by atoms with Crippen LogP contribution in [0.3, 0.4) is 0 Å². The minimum atomic E-state index is -0.271. The van der Waals surface area contributed by atoms with E-state index in [-0.39, 0.29) is 24.2 Å². The largest absolute Gasteiger partial charge is 0.447 e. The van der Waals surface area contributed by atoms with Crippen LogP contribution in [0.15, 0.2) is 24.3 Å². The van der Waals surface area contributed by atoms with Gasteiger partial charge in [-0.2, -0.15) is 0 Å². The zero-order chi connectivity index (χ0) is 14.9. The Morgan fingerprint density at radius 3 is 2.62 bits per heavy atom. The Kier molecular flexibility index (Phi) is 3.87. The zero-order valence-corrected chi connectivity index (χ0v) is 12.3. The SMILES string of the molecule is CC(NCC1(CO)CC1)c1ccc(N2CCOC2=O)cc1. The number of benzene rings is 1. The van der Waals surface area contributed by atoms with Crippen LogP contribution in [0.1, 0.15) is 31.4 Å². The molecule has 0 bridgehead atoms. The molecule has 21 heavy (non-hydrogen) atoms. The molecule has 114 valence electrons. The lowest BCUT2D eigenvalue weighted by Crippen LogP contribution is -2.29. The van der Waals surface area contributed by atoms with E-state index in [2.05, 4.69) is 12.2 Å². The Labute approximate surface area is 124 Å². The van der Waals surface area contributed by atoms with Gasteiger partial charge in [0.25, 0.3) is 0 Å². The number of aliphatic hydroxyl groups is 1. The summed E-state index contributed by atoms with van der Waals surface area (Å²) in [6.45, 7) is 4.31. The third-order valence-electron chi connectivity index (χ3n) is 4.54. The Hall–Kier alpha value is -1.59. The fraction of sp³-hybridized carbons (Fsp3) is 0.562. The second-order valence-electron chi connectivity index (χ2n) is 6.12. The van der Waals surface area contributed by atoms with E-state index >= 15 is 0 Å². The number of nitrogens with one attached hydrogen (secondary N) is 1. The van der Waals surface area contributed by atoms with Crippen LogP contribution in [0, 0.1) is 5.41 Å². The van der Waals surface area contributed by atoms with Crippen LogP contribution in [0.5, 0.6) is 0 Å². The summed E-state index contributed by atoms with van der Waals surface area (Å²) in [6.07, 6.45) is 1.95. The van der Waals surface area contributed by atoms with E-state index in [0.717, 1.165) is 25.1 Å². The first-order chi connectivity index (χ1) is 10.1. The van der Waals surface area contributed by atoms with Gasteiger partial charge in [-0.05, 0) is 37.5 Å². The second kappa shape index (κ2) is 5.66. The van der Waals surface area contributed by atoms with Gasteiger partial charge < -0.3 is 15.2 Å². The molecule has 0 aromatic heterocycles. The Balaban J connectivity index is 1.59. The van der Waals surface area contributed by atoms with Crippen molar-refractivity contribution in [2.24, 2.45) is 5.41 Å². The molecule has 1 saturated carbocycles. The molecule has 1 heterocycles. The summed E-state index contributed by atoms with van der Waals surface area (Å²) in [4.78, 5) is 13.2. The van der Waals surface area contributed by atoms with Crippen molar-refractivity contribution < 1.29 is 14.6 Å². The van der Waals surface area contributed by atoms with Gasteiger partial charge in [0.15, 0.2) is 0 Å². The van der Waals surface area contributed by atoms with Crippen molar-refractivity contribution in [3.8, 4) is 0 Å². The third-order valence-corrected chi connectivity index (χ3v) is 4.54. The van der Waals surface area contributed by atoms with Crippen LogP contribution in [-0.2, 0) is 4.74 Å². The highest BCUT2D eigenvalue weighted by molar-refractivity contribution is 5.89. The van der Waals surface area contributed by atoms with E-state index in [1.807, 2.05) is 24.3 Å². The average molecular weight is 290 g/mol. The minimum absolute atomic E-state index is 0.119. The number of hydrogen-bond donors (Lipinski definition) is 2. The monoisotopic (exact) mass is 290 g/mol. The first-order valence-corrected chi connectivity index (χ1v) is 7.52. The van der Waals surface area contributed by atoms with Gasteiger partial charge in [-0.15, -0.1) is 0 Å². The van der Waals surface area contributed by atoms with Crippen molar-refractivity contribution in [1.29, 1.82) is 0 Å². The van der Waals surface area contributed by atoms with Gasteiger partial charge >= 0.3 is 6.09 Å². The standard InChI is InChI=1S/C16H22N2O3/c1-12(17-10-16(11-19)6-7-16)13-2-4-14(5-3-13)18-8-9-21-15(18)20/h2-5,12,17,19H,6-11H2,1H3. The first kappa shape index (κ1) is 14.4. The van der Waals surface area contributed by atoms with E-state index in [9.17, 15) is 9.90 Å². The van der Waals surface area contributed by atoms with Gasteiger partial charge in [0.1, 0.15) is 6.61 Å². The second-order valence-corrected chi connectivity index (χ2v) is 6.12. The topological polar surface area (TPSA) is 61.8 Å². The number of aliphatic hydroxyl groups excluding tert-OH is 1. The predicted molar refractivity (Wildman–Crippen MR) is 80.3 cm³/mol. The smallest absolute Gasteiger partial charge is 0.414 e. The van der Waals surface area contributed by atoms with Crippen LogP contribution in [0.25, 0.3) is 0 Å². The predicted octanol–water partition coefficient (Wildman–Crippen LogP) is 2.07. The van der Waals surface area contributed by atoms with Crippen molar-refractivity contribution in [2.75, 3.05) is 31.2 Å². The number of anilines is 1. The number of ether oxygens (including phenoxy) is 1. The highest BCUT2D eigenvalue weighted by atomic mass is 16.6. The summed E-state index contributed by atoms with van der Waals surface area (Å²) < 4.78 is 4.94. The van der Waals surface area contributed by atoms with Gasteiger partial charge in [0.2, 0.25) is 0 Å². The summed E-state index contributed by atoms with van der Waals surface area (Å²) in [5, 5.41) is 12.8. The summed E-state index contributed by atoms with van der Waals surface area (Å²) in [6, 6.07) is 8.22. The summed E-state index contributed by atoms with van der Waals surface area (Å²) in [5.74, 6) is 0. The van der Waals surface area contributed by atoms with Crippen LogP contribution in [0.2, 0.25) is 0 Å². The lowest BCUT2D eigenvalue weighted by molar-refractivity contribution is 0.181. The van der Waals surface area contributed by atoms with Gasteiger partial charge in [0, 0.05) is 30.3 Å². The molecule has 1 amide bonds. The molecule has 1 saturated heterocycles. The molecule has 2 fully saturated rings. The molecule has 1 aliphatic heterocycles. The number of carbonyl (C=O) groups is 1. The molecular formula is C16H22N2O3. The minimum Gasteiger partial charge on any atom is -0.447 e. The van der Waals surface area contributed by atoms with Crippen LogP contribution < -0.4 is 10.2 Å². The highest BCUT2D eigenvalue weighted by Gasteiger charge is 2.41. The molecule has 1 atom stereocenters. The van der Waals surface area contributed by atoms with E-state index in [0.29, 0.717) is 13.2 Å². The lowest BCUT2D eigenvalue weighted by Gasteiger charge is -2.20. The van der Waals surface area contributed by atoms with Crippen LogP contribution in [-0.4, -0.2) is 37.5 Å². The molecule has 0 radical (unpaired) electrons. The number of carbonyl (C=O) groups excluding carboxylic acids is 1. The zero-order valence-electron chi connectivity index (χ0n) is 12.3. The van der Waals surface area contributed by atoms with E-state index in [4.69, 9.17) is 4.74 Å². The molecule has 0 spiro atoms. The number of hydrogen-bond acceptors (Lipinski definition) is 4. The van der Waals surface area contributed by atoms with Gasteiger partial charge in [-0.25, -0.2) is 4.79 Å². The molecule has 5 heteroatoms. The molecule has 2 N–H and O–H groups in total. The number of nitrogens with zero attached hydrogens (tertiary/aromatic N) is 1. The van der Waals surface area contributed by atoms with Crippen LogP contribution >= 0.6 is 0 Å². The maximum absolute atomic E-state index is 11.5. The number of amides is 1. The van der Waals surface area contributed by atoms with E-state index < -0.39 is 0 Å². The van der Waals surface area contributed by atoms with Gasteiger partial charge in [-0.3, -0.25) is 4.90 Å². The van der Waals surface area contributed by atoms with Crippen molar-refractivity contribution in [3.05, 3.63) is 29.8 Å². The molecule has 3 rings (SSSR count). The fourth-order valence-electron chi connectivity index (χ4n) is 2.63. The highest BCUT2D eigenvalue weighted by Crippen LogP contribution is 2.44. The van der Waals surface area contributed by atoms with Crippen molar-refractivity contribution >= 4 is 11.8 Å². The van der Waals surface area contributed by atoms with Crippen molar-refractivity contribution in [2.45, 2.75) is 25.8 Å². The normalized spacial score (nSPS) is 21.2. The fourth-order valence-corrected chi connectivity index (χ4v) is 2.63. The van der Waals surface area contributed by atoms with Crippen LogP contribution in [0.4, 0.5) is 10.5 Å².